The van der Waals surface area contributed by atoms with Gasteiger partial charge in [0.1, 0.15) is 6.04 Å². The van der Waals surface area contributed by atoms with Crippen LogP contribution in [0.5, 0.6) is 0 Å². The number of thiazole rings is 1. The topological polar surface area (TPSA) is 118 Å². The van der Waals surface area contributed by atoms with Gasteiger partial charge in [-0.3, -0.25) is 10.1 Å². The van der Waals surface area contributed by atoms with Gasteiger partial charge in [0.25, 0.3) is 0 Å². The highest BCUT2D eigenvalue weighted by atomic mass is 32.1. The summed E-state index contributed by atoms with van der Waals surface area (Å²) in [7, 11) is 1.14. The second-order valence-corrected chi connectivity index (χ2v) is 5.35. The normalized spacial score (nSPS) is 11.6. The van der Waals surface area contributed by atoms with Gasteiger partial charge in [0.2, 0.25) is 0 Å². The number of ether oxygens (including phenoxy) is 1. The van der Waals surface area contributed by atoms with E-state index in [-0.39, 0.29) is 0 Å². The zero-order chi connectivity index (χ0) is 16.0. The van der Waals surface area contributed by atoms with Crippen LogP contribution in [-0.4, -0.2) is 41.2 Å². The number of aryl methyl sites for hydroxylation is 2. The maximum absolute atomic E-state index is 11.7. The molecule has 0 saturated heterocycles. The van der Waals surface area contributed by atoms with Gasteiger partial charge in [-0.1, -0.05) is 6.92 Å². The minimum Gasteiger partial charge on any atom is -0.480 e. The quantitative estimate of drug-likeness (QED) is 0.678. The van der Waals surface area contributed by atoms with Crippen molar-refractivity contribution in [1.29, 1.82) is 0 Å². The molecule has 1 atom stereocenters. The lowest BCUT2D eigenvalue weighted by molar-refractivity contribution is -0.147. The van der Waals surface area contributed by atoms with E-state index in [1.165, 1.54) is 11.3 Å². The van der Waals surface area contributed by atoms with Crippen molar-refractivity contribution in [2.24, 2.45) is 0 Å². The molecule has 0 fully saturated rings. The Hall–Kier alpha value is -2.16. The molecule has 0 aliphatic heterocycles. The molecule has 0 unspecified atom stereocenters. The van der Waals surface area contributed by atoms with Crippen LogP contribution in [0.15, 0.2) is 0 Å². The molecular weight excluding hydrogens is 298 g/mol. The summed E-state index contributed by atoms with van der Waals surface area (Å²) in [5, 5.41) is 14.0. The summed E-state index contributed by atoms with van der Waals surface area (Å²) in [6.07, 6.45) is 0.294. The number of carboxylic acid groups (broad SMARTS) is 1. The summed E-state index contributed by atoms with van der Waals surface area (Å²) in [4.78, 5) is 39.0. The third-order valence-electron chi connectivity index (χ3n) is 2.65. The van der Waals surface area contributed by atoms with Crippen molar-refractivity contribution in [3.8, 4) is 0 Å². The average Bonchev–Trinajstić information content (AvgIpc) is 2.77. The molecule has 8 nitrogen and oxygen atoms in total. The number of amides is 2. The van der Waals surface area contributed by atoms with Gasteiger partial charge in [-0.15, -0.1) is 11.3 Å². The number of carbonyl (C=O) groups is 3. The average molecular weight is 315 g/mol. The van der Waals surface area contributed by atoms with Crippen LogP contribution in [-0.2, 0) is 20.7 Å². The number of aromatic nitrogens is 1. The molecule has 9 heteroatoms. The van der Waals surface area contributed by atoms with Crippen molar-refractivity contribution in [2.45, 2.75) is 32.7 Å². The van der Waals surface area contributed by atoms with Crippen LogP contribution >= 0.6 is 11.3 Å². The molecule has 0 radical (unpaired) electrons. The number of carboxylic acids is 1. The van der Waals surface area contributed by atoms with E-state index in [0.29, 0.717) is 5.13 Å². The number of hydrogen-bond acceptors (Lipinski definition) is 6. The standard InChI is InChI=1S/C12H17N3O5S/c1-4-7-6(2)21-12(14-7)15-11(19)13-8(10(17)18)5-9(16)20-3/h8H,4-5H2,1-3H3,(H,17,18)(H2,13,14,15,19)/t8-/m0/s1. The second kappa shape index (κ2) is 7.58. The smallest absolute Gasteiger partial charge is 0.326 e. The SMILES string of the molecule is CCc1nc(NC(=O)N[C@@H](CC(=O)OC)C(=O)O)sc1C. The van der Waals surface area contributed by atoms with Crippen molar-refractivity contribution in [1.82, 2.24) is 10.3 Å². The number of methoxy groups -OCH3 is 1. The lowest BCUT2D eigenvalue weighted by Crippen LogP contribution is -2.44. The van der Waals surface area contributed by atoms with Crippen molar-refractivity contribution >= 4 is 34.4 Å². The molecule has 0 bridgehead atoms. The highest BCUT2D eigenvalue weighted by Crippen LogP contribution is 2.22. The van der Waals surface area contributed by atoms with Crippen LogP contribution in [0.3, 0.4) is 0 Å². The first-order chi connectivity index (χ1) is 9.87. The maximum Gasteiger partial charge on any atom is 0.326 e. The number of carbonyl (C=O) groups excluding carboxylic acids is 2. The van der Waals surface area contributed by atoms with E-state index in [1.54, 1.807) is 0 Å². The molecule has 1 aromatic heterocycles. The monoisotopic (exact) mass is 315 g/mol. The van der Waals surface area contributed by atoms with E-state index < -0.39 is 30.4 Å². The molecule has 116 valence electrons. The Bertz CT molecular complexity index is 543. The number of rotatable bonds is 6. The Kier molecular flexibility index (Phi) is 6.10. The fourth-order valence-electron chi connectivity index (χ4n) is 1.55. The van der Waals surface area contributed by atoms with Crippen molar-refractivity contribution < 1.29 is 24.2 Å². The van der Waals surface area contributed by atoms with Gasteiger partial charge in [0.05, 0.1) is 19.2 Å². The molecule has 0 aliphatic carbocycles. The number of anilines is 1. The predicted octanol–water partition coefficient (Wildman–Crippen LogP) is 1.15. The molecule has 0 spiro atoms. The number of nitrogens with zero attached hydrogens (tertiary/aromatic N) is 1. The first-order valence-electron chi connectivity index (χ1n) is 6.20. The molecule has 1 heterocycles. The summed E-state index contributed by atoms with van der Waals surface area (Å²) < 4.78 is 4.38. The first kappa shape index (κ1) is 16.9. The third kappa shape index (κ3) is 5.03. The molecule has 0 aromatic carbocycles. The Morgan fingerprint density at radius 1 is 1.43 bits per heavy atom. The molecule has 21 heavy (non-hydrogen) atoms. The second-order valence-electron chi connectivity index (χ2n) is 4.14. The van der Waals surface area contributed by atoms with Gasteiger partial charge >= 0.3 is 18.0 Å². The zero-order valence-corrected chi connectivity index (χ0v) is 12.7. The van der Waals surface area contributed by atoms with Crippen LogP contribution in [0.1, 0.15) is 23.9 Å². The van der Waals surface area contributed by atoms with Crippen LogP contribution in [0.2, 0.25) is 0 Å². The van der Waals surface area contributed by atoms with E-state index in [1.807, 2.05) is 13.8 Å². The van der Waals surface area contributed by atoms with E-state index in [9.17, 15) is 14.4 Å². The van der Waals surface area contributed by atoms with Gasteiger partial charge in [0.15, 0.2) is 5.13 Å². The molecule has 1 rings (SSSR count). The minimum atomic E-state index is -1.36. The molecule has 2 amide bonds. The number of nitrogens with one attached hydrogen (secondary N) is 2. The highest BCUT2D eigenvalue weighted by Gasteiger charge is 2.24. The number of esters is 1. The number of urea groups is 1. The Morgan fingerprint density at radius 3 is 2.57 bits per heavy atom. The molecule has 1 aromatic rings. The number of aliphatic carboxylic acids is 1. The summed E-state index contributed by atoms with van der Waals surface area (Å²) in [5.41, 5.74) is 0.875. The van der Waals surface area contributed by atoms with E-state index in [2.05, 4.69) is 20.4 Å². The molecule has 0 saturated carbocycles. The van der Waals surface area contributed by atoms with Gasteiger partial charge in [-0.25, -0.2) is 14.6 Å². The van der Waals surface area contributed by atoms with Crippen molar-refractivity contribution in [3.05, 3.63) is 10.6 Å². The predicted molar refractivity (Wildman–Crippen MR) is 76.4 cm³/mol. The van der Waals surface area contributed by atoms with E-state index in [0.717, 1.165) is 24.1 Å². The third-order valence-corrected chi connectivity index (χ3v) is 3.58. The lowest BCUT2D eigenvalue weighted by Gasteiger charge is -2.13. The Labute approximate surface area is 125 Å². The largest absolute Gasteiger partial charge is 0.480 e. The Morgan fingerprint density at radius 2 is 2.10 bits per heavy atom. The summed E-state index contributed by atoms with van der Waals surface area (Å²) in [5.74, 6) is -2.04. The molecule has 0 aliphatic rings. The Balaban J connectivity index is 2.65. The zero-order valence-electron chi connectivity index (χ0n) is 11.9. The van der Waals surface area contributed by atoms with Gasteiger partial charge in [0, 0.05) is 4.88 Å². The summed E-state index contributed by atoms with van der Waals surface area (Å²) >= 11 is 1.30. The lowest BCUT2D eigenvalue weighted by atomic mass is 10.2. The minimum absolute atomic E-state index is 0.379. The van der Waals surface area contributed by atoms with Crippen LogP contribution < -0.4 is 10.6 Å². The first-order valence-corrected chi connectivity index (χ1v) is 7.02. The van der Waals surface area contributed by atoms with Gasteiger partial charge in [-0.2, -0.15) is 0 Å². The van der Waals surface area contributed by atoms with Gasteiger partial charge < -0.3 is 15.2 Å². The van der Waals surface area contributed by atoms with Crippen LogP contribution in [0, 0.1) is 6.92 Å². The fraction of sp³-hybridized carbons (Fsp3) is 0.500. The summed E-state index contributed by atoms with van der Waals surface area (Å²) in [6, 6.07) is -2.09. The highest BCUT2D eigenvalue weighted by molar-refractivity contribution is 7.15. The van der Waals surface area contributed by atoms with Gasteiger partial charge in [-0.05, 0) is 13.3 Å². The van der Waals surface area contributed by atoms with Crippen LogP contribution in [0.4, 0.5) is 9.93 Å². The van der Waals surface area contributed by atoms with Crippen molar-refractivity contribution in [3.63, 3.8) is 0 Å². The van der Waals surface area contributed by atoms with E-state index in [4.69, 9.17) is 5.11 Å². The number of hydrogen-bond donors (Lipinski definition) is 3. The molecular formula is C12H17N3O5S. The van der Waals surface area contributed by atoms with Crippen LogP contribution in [0.25, 0.3) is 0 Å². The molecule has 3 N–H and O–H groups in total. The fourth-order valence-corrected chi connectivity index (χ4v) is 2.45. The summed E-state index contributed by atoms with van der Waals surface area (Å²) in [6.45, 7) is 3.83. The maximum atomic E-state index is 11.7. The van der Waals surface area contributed by atoms with Crippen molar-refractivity contribution in [2.75, 3.05) is 12.4 Å². The van der Waals surface area contributed by atoms with E-state index >= 15 is 0 Å².